The number of carboxylic acids is 1. The highest BCUT2D eigenvalue weighted by Gasteiger charge is 2.29. The van der Waals surface area contributed by atoms with Gasteiger partial charge in [-0.2, -0.15) is 0 Å². The maximum Gasteiger partial charge on any atom is 0.305 e. The molecule has 0 aromatic heterocycles. The average molecular weight is 216 g/mol. The Kier molecular flexibility index (Phi) is 4.05. The smallest absolute Gasteiger partial charge is 0.305 e. The molecule has 0 aromatic carbocycles. The summed E-state index contributed by atoms with van der Waals surface area (Å²) in [6.07, 6.45) is 0.501. The molecule has 86 valence electrons. The van der Waals surface area contributed by atoms with E-state index in [1.807, 2.05) is 0 Å². The molecule has 3 N–H and O–H groups in total. The third-order valence-corrected chi connectivity index (χ3v) is 2.50. The second-order valence-electron chi connectivity index (χ2n) is 3.63. The van der Waals surface area contributed by atoms with E-state index in [9.17, 15) is 9.59 Å². The Morgan fingerprint density at radius 2 is 2.33 bits per heavy atom. The number of hydrogen-bond acceptors (Lipinski definition) is 4. The van der Waals surface area contributed by atoms with Crippen LogP contribution in [0.3, 0.4) is 0 Å². The van der Waals surface area contributed by atoms with Crippen molar-refractivity contribution in [3.63, 3.8) is 0 Å². The predicted octanol–water partition coefficient (Wildman–Crippen LogP) is -0.964. The molecule has 1 rings (SSSR count). The van der Waals surface area contributed by atoms with Crippen molar-refractivity contribution >= 4 is 11.9 Å². The Morgan fingerprint density at radius 1 is 1.67 bits per heavy atom. The first kappa shape index (κ1) is 11.9. The Labute approximate surface area is 88.0 Å². The third kappa shape index (κ3) is 3.17. The number of carbonyl (C=O) groups excluding carboxylic acids is 1. The van der Waals surface area contributed by atoms with Gasteiger partial charge in [-0.05, 0) is 6.42 Å². The zero-order chi connectivity index (χ0) is 11.4. The first-order chi connectivity index (χ1) is 7.04. The van der Waals surface area contributed by atoms with Crippen molar-refractivity contribution in [1.82, 2.24) is 4.90 Å². The van der Waals surface area contributed by atoms with E-state index >= 15 is 0 Å². The maximum atomic E-state index is 11.6. The van der Waals surface area contributed by atoms with E-state index in [0.717, 1.165) is 6.42 Å². The van der Waals surface area contributed by atoms with Gasteiger partial charge in [0.25, 0.3) is 0 Å². The number of hydrogen-bond donors (Lipinski definition) is 2. The summed E-state index contributed by atoms with van der Waals surface area (Å²) in [5.41, 5.74) is 5.47. The minimum atomic E-state index is -1.06. The highest BCUT2D eigenvalue weighted by molar-refractivity contribution is 5.86. The topological polar surface area (TPSA) is 92.9 Å². The van der Waals surface area contributed by atoms with E-state index in [1.54, 1.807) is 12.0 Å². The number of aliphatic carboxylic acids is 1. The number of methoxy groups -OCH3 is 1. The van der Waals surface area contributed by atoms with Crippen LogP contribution in [0.1, 0.15) is 12.8 Å². The molecule has 0 bridgehead atoms. The zero-order valence-electron chi connectivity index (χ0n) is 8.68. The molecule has 2 unspecified atom stereocenters. The largest absolute Gasteiger partial charge is 0.481 e. The summed E-state index contributed by atoms with van der Waals surface area (Å²) >= 11 is 0. The summed E-state index contributed by atoms with van der Waals surface area (Å²) in [5.74, 6) is -1.37. The molecule has 0 saturated carbocycles. The van der Waals surface area contributed by atoms with Crippen LogP contribution in [0.25, 0.3) is 0 Å². The van der Waals surface area contributed by atoms with Crippen molar-refractivity contribution in [2.75, 3.05) is 20.2 Å². The molecule has 15 heavy (non-hydrogen) atoms. The lowest BCUT2D eigenvalue weighted by Crippen LogP contribution is -2.44. The van der Waals surface area contributed by atoms with E-state index in [-0.39, 0.29) is 18.4 Å². The van der Waals surface area contributed by atoms with E-state index in [4.69, 9.17) is 15.6 Å². The molecule has 1 aliphatic heterocycles. The standard InChI is InChI=1S/C9H16N2O4/c1-15-6-2-3-11(5-6)9(14)7(10)4-8(12)13/h6-7H,2-5,10H2,1H3,(H,12,13). The van der Waals surface area contributed by atoms with Gasteiger partial charge in [0.05, 0.1) is 18.6 Å². The average Bonchev–Trinajstić information content (AvgIpc) is 2.63. The van der Waals surface area contributed by atoms with Crippen LogP contribution >= 0.6 is 0 Å². The number of ether oxygens (including phenoxy) is 1. The molecule has 0 aliphatic carbocycles. The van der Waals surface area contributed by atoms with Crippen LogP contribution in [-0.4, -0.2) is 54.2 Å². The number of rotatable bonds is 4. The summed E-state index contributed by atoms with van der Waals surface area (Å²) in [6, 6.07) is -0.946. The Bertz CT molecular complexity index is 256. The van der Waals surface area contributed by atoms with Crippen molar-refractivity contribution < 1.29 is 19.4 Å². The van der Waals surface area contributed by atoms with E-state index in [1.165, 1.54) is 0 Å². The van der Waals surface area contributed by atoms with Crippen molar-refractivity contribution in [1.29, 1.82) is 0 Å². The van der Waals surface area contributed by atoms with Gasteiger partial charge in [0.1, 0.15) is 0 Å². The number of carbonyl (C=O) groups is 2. The molecule has 2 atom stereocenters. The molecule has 1 fully saturated rings. The Morgan fingerprint density at radius 3 is 2.80 bits per heavy atom. The summed E-state index contributed by atoms with van der Waals surface area (Å²) in [4.78, 5) is 23.6. The predicted molar refractivity (Wildman–Crippen MR) is 52.2 cm³/mol. The van der Waals surface area contributed by atoms with Gasteiger partial charge in [-0.3, -0.25) is 9.59 Å². The molecule has 1 amide bonds. The van der Waals surface area contributed by atoms with Crippen LogP contribution in [0.5, 0.6) is 0 Å². The van der Waals surface area contributed by atoms with Crippen molar-refractivity contribution in [3.05, 3.63) is 0 Å². The van der Waals surface area contributed by atoms with Crippen molar-refractivity contribution in [2.24, 2.45) is 5.73 Å². The van der Waals surface area contributed by atoms with Crippen LogP contribution in [0.4, 0.5) is 0 Å². The van der Waals surface area contributed by atoms with Gasteiger partial charge in [-0.15, -0.1) is 0 Å². The van der Waals surface area contributed by atoms with Crippen LogP contribution in [0.2, 0.25) is 0 Å². The minimum Gasteiger partial charge on any atom is -0.481 e. The fourth-order valence-electron chi connectivity index (χ4n) is 1.63. The first-order valence-electron chi connectivity index (χ1n) is 4.83. The second-order valence-corrected chi connectivity index (χ2v) is 3.63. The molecule has 1 aliphatic rings. The fourth-order valence-corrected chi connectivity index (χ4v) is 1.63. The molecule has 0 spiro atoms. The van der Waals surface area contributed by atoms with E-state index in [0.29, 0.717) is 13.1 Å². The highest BCUT2D eigenvalue weighted by atomic mass is 16.5. The number of likely N-dealkylation sites (tertiary alicyclic amines) is 1. The summed E-state index contributed by atoms with van der Waals surface area (Å²) < 4.78 is 5.10. The summed E-state index contributed by atoms with van der Waals surface area (Å²) in [5, 5.41) is 8.50. The lowest BCUT2D eigenvalue weighted by atomic mass is 10.2. The summed E-state index contributed by atoms with van der Waals surface area (Å²) in [6.45, 7) is 1.09. The first-order valence-corrected chi connectivity index (χ1v) is 4.83. The van der Waals surface area contributed by atoms with Crippen molar-refractivity contribution in [3.8, 4) is 0 Å². The van der Waals surface area contributed by atoms with Gasteiger partial charge in [0.15, 0.2) is 0 Å². The van der Waals surface area contributed by atoms with Gasteiger partial charge in [-0.25, -0.2) is 0 Å². The van der Waals surface area contributed by atoms with Gasteiger partial charge in [0, 0.05) is 20.2 Å². The number of nitrogens with two attached hydrogens (primary N) is 1. The quantitative estimate of drug-likeness (QED) is 0.631. The SMILES string of the molecule is COC1CCN(C(=O)C(N)CC(=O)O)C1. The molecular weight excluding hydrogens is 200 g/mol. The Balaban J connectivity index is 2.44. The monoisotopic (exact) mass is 216 g/mol. The molecule has 0 radical (unpaired) electrons. The lowest BCUT2D eigenvalue weighted by Gasteiger charge is -2.19. The minimum absolute atomic E-state index is 0.0472. The number of carboxylic acid groups (broad SMARTS) is 1. The van der Waals surface area contributed by atoms with E-state index < -0.39 is 12.0 Å². The molecule has 1 saturated heterocycles. The fraction of sp³-hybridized carbons (Fsp3) is 0.778. The Hall–Kier alpha value is -1.14. The number of amides is 1. The zero-order valence-corrected chi connectivity index (χ0v) is 8.68. The van der Waals surface area contributed by atoms with Gasteiger partial charge < -0.3 is 20.5 Å². The molecule has 1 heterocycles. The molecule has 6 heteroatoms. The second kappa shape index (κ2) is 5.09. The van der Waals surface area contributed by atoms with Crippen LogP contribution in [0.15, 0.2) is 0 Å². The van der Waals surface area contributed by atoms with Crippen LogP contribution < -0.4 is 5.73 Å². The molecule has 6 nitrogen and oxygen atoms in total. The van der Waals surface area contributed by atoms with Crippen LogP contribution in [-0.2, 0) is 14.3 Å². The van der Waals surface area contributed by atoms with Gasteiger partial charge in [-0.1, -0.05) is 0 Å². The van der Waals surface area contributed by atoms with E-state index in [2.05, 4.69) is 0 Å². The normalized spacial score (nSPS) is 22.8. The van der Waals surface area contributed by atoms with Gasteiger partial charge in [0.2, 0.25) is 5.91 Å². The highest BCUT2D eigenvalue weighted by Crippen LogP contribution is 2.13. The lowest BCUT2D eigenvalue weighted by molar-refractivity contribution is -0.141. The summed E-state index contributed by atoms with van der Waals surface area (Å²) in [7, 11) is 1.59. The van der Waals surface area contributed by atoms with Crippen molar-refractivity contribution in [2.45, 2.75) is 25.0 Å². The molecule has 0 aromatic rings. The van der Waals surface area contributed by atoms with Gasteiger partial charge >= 0.3 is 5.97 Å². The number of nitrogens with zero attached hydrogens (tertiary/aromatic N) is 1. The molecular formula is C9H16N2O4. The third-order valence-electron chi connectivity index (χ3n) is 2.50. The maximum absolute atomic E-state index is 11.6. The van der Waals surface area contributed by atoms with Crippen LogP contribution in [0, 0.1) is 0 Å².